The molecule has 3 aliphatic rings. The van der Waals surface area contributed by atoms with Gasteiger partial charge in [0, 0.05) is 19.8 Å². The lowest BCUT2D eigenvalue weighted by atomic mass is 10.1. The van der Waals surface area contributed by atoms with Crippen molar-refractivity contribution in [3.63, 3.8) is 0 Å². The summed E-state index contributed by atoms with van der Waals surface area (Å²) in [6, 6.07) is 0. The van der Waals surface area contributed by atoms with Crippen molar-refractivity contribution < 1.29 is 14.2 Å². The van der Waals surface area contributed by atoms with Crippen LogP contribution in [0.5, 0.6) is 0 Å². The van der Waals surface area contributed by atoms with E-state index in [1.54, 1.807) is 0 Å². The lowest BCUT2D eigenvalue weighted by Gasteiger charge is -2.17. The first-order valence-corrected chi connectivity index (χ1v) is 11.0. The zero-order valence-electron chi connectivity index (χ0n) is 18.4. The number of ether oxygens (including phenoxy) is 3. The number of hydrogen-bond donors (Lipinski definition) is 0. The molecule has 3 heteroatoms. The van der Waals surface area contributed by atoms with Gasteiger partial charge in [0.2, 0.25) is 0 Å². The number of hydrogen-bond acceptors (Lipinski definition) is 3. The maximum absolute atomic E-state index is 5.28. The lowest BCUT2D eigenvalue weighted by molar-refractivity contribution is 0.0283. The van der Waals surface area contributed by atoms with Crippen LogP contribution in [-0.4, -0.2) is 38.1 Å². The molecule has 3 unspecified atom stereocenters. The highest BCUT2D eigenvalue weighted by Gasteiger charge is 2.07. The summed E-state index contributed by atoms with van der Waals surface area (Å²) >= 11 is 0. The fraction of sp³-hybridized carbons (Fsp3) is 1.00. The van der Waals surface area contributed by atoms with Gasteiger partial charge in [-0.2, -0.15) is 0 Å². The van der Waals surface area contributed by atoms with Crippen LogP contribution < -0.4 is 0 Å². The molecule has 25 heavy (non-hydrogen) atoms. The molecule has 0 aliphatic carbocycles. The molecule has 0 aromatic heterocycles. The van der Waals surface area contributed by atoms with Gasteiger partial charge in [-0.3, -0.25) is 0 Å². The van der Waals surface area contributed by atoms with Crippen molar-refractivity contribution in [3.8, 4) is 0 Å². The largest absolute Gasteiger partial charge is 0.379 e. The van der Waals surface area contributed by atoms with E-state index in [9.17, 15) is 0 Å². The monoisotopic (exact) mass is 360 g/mol. The highest BCUT2D eigenvalue weighted by atomic mass is 16.5. The molecule has 154 valence electrons. The van der Waals surface area contributed by atoms with E-state index in [2.05, 4.69) is 20.8 Å². The van der Waals surface area contributed by atoms with Crippen molar-refractivity contribution >= 4 is 0 Å². The van der Waals surface area contributed by atoms with Crippen LogP contribution in [0.1, 0.15) is 106 Å². The molecular formula is C22H48O3. The molecule has 0 spiro atoms. The third-order valence-corrected chi connectivity index (χ3v) is 4.22. The highest BCUT2D eigenvalue weighted by Crippen LogP contribution is 2.11. The summed E-state index contributed by atoms with van der Waals surface area (Å²) in [7, 11) is 0. The van der Waals surface area contributed by atoms with Crippen molar-refractivity contribution in [3.05, 3.63) is 0 Å². The molecule has 3 atom stereocenters. The zero-order chi connectivity index (χ0) is 19.3. The Balaban J connectivity index is 0. The molecule has 0 bridgehead atoms. The third-order valence-electron chi connectivity index (χ3n) is 4.22. The Hall–Kier alpha value is -0.120. The van der Waals surface area contributed by atoms with E-state index in [1.165, 1.54) is 57.8 Å². The van der Waals surface area contributed by atoms with Crippen LogP contribution in [0.4, 0.5) is 0 Å². The topological polar surface area (TPSA) is 27.7 Å². The van der Waals surface area contributed by atoms with Crippen molar-refractivity contribution in [1.29, 1.82) is 0 Å². The van der Waals surface area contributed by atoms with Gasteiger partial charge in [0.15, 0.2) is 0 Å². The Morgan fingerprint density at radius 3 is 0.760 bits per heavy atom. The van der Waals surface area contributed by atoms with Crippen LogP contribution in [0.3, 0.4) is 0 Å². The van der Waals surface area contributed by atoms with Crippen molar-refractivity contribution in [2.24, 2.45) is 0 Å². The molecule has 3 saturated heterocycles. The second kappa shape index (κ2) is 21.9. The normalized spacial score (nSPS) is 28.2. The Morgan fingerprint density at radius 2 is 0.680 bits per heavy atom. The van der Waals surface area contributed by atoms with Crippen LogP contribution in [0.25, 0.3) is 0 Å². The average molecular weight is 361 g/mol. The predicted molar refractivity (Wildman–Crippen MR) is 110 cm³/mol. The first kappa shape index (κ1) is 27.1. The van der Waals surface area contributed by atoms with E-state index in [4.69, 9.17) is 14.2 Å². The van der Waals surface area contributed by atoms with Crippen LogP contribution in [0, 0.1) is 0 Å². The molecule has 0 aromatic rings. The Morgan fingerprint density at radius 1 is 0.440 bits per heavy atom. The Kier molecular flexibility index (Phi) is 23.8. The molecule has 3 rings (SSSR count). The molecule has 0 saturated carbocycles. The molecule has 0 aromatic carbocycles. The molecule has 3 aliphatic heterocycles. The van der Waals surface area contributed by atoms with E-state index < -0.39 is 0 Å². The van der Waals surface area contributed by atoms with Crippen LogP contribution in [-0.2, 0) is 14.2 Å². The number of rotatable bonds is 0. The van der Waals surface area contributed by atoms with Gasteiger partial charge in [0.25, 0.3) is 0 Å². The summed E-state index contributed by atoms with van der Waals surface area (Å²) in [4.78, 5) is 0. The van der Waals surface area contributed by atoms with E-state index in [0.717, 1.165) is 19.8 Å². The van der Waals surface area contributed by atoms with E-state index in [1.807, 2.05) is 27.7 Å². The van der Waals surface area contributed by atoms with Crippen LogP contribution in [0.2, 0.25) is 0 Å². The second-order valence-electron chi connectivity index (χ2n) is 6.53. The molecular weight excluding hydrogens is 312 g/mol. The van der Waals surface area contributed by atoms with Gasteiger partial charge in [-0.15, -0.1) is 0 Å². The van der Waals surface area contributed by atoms with Crippen molar-refractivity contribution in [2.75, 3.05) is 19.8 Å². The van der Waals surface area contributed by atoms with E-state index in [0.29, 0.717) is 18.3 Å². The van der Waals surface area contributed by atoms with Gasteiger partial charge in [-0.1, -0.05) is 27.7 Å². The lowest BCUT2D eigenvalue weighted by Crippen LogP contribution is -2.14. The van der Waals surface area contributed by atoms with Gasteiger partial charge in [0.05, 0.1) is 18.3 Å². The molecule has 0 amide bonds. The first-order chi connectivity index (χ1) is 12.2. The summed E-state index contributed by atoms with van der Waals surface area (Å²) in [6.45, 7) is 17.4. The zero-order valence-corrected chi connectivity index (χ0v) is 18.4. The van der Waals surface area contributed by atoms with Gasteiger partial charge in [-0.25, -0.2) is 0 Å². The fourth-order valence-electron chi connectivity index (χ4n) is 2.71. The Labute approximate surface area is 159 Å². The standard InChI is InChI=1S/3C6H12O.2C2H6/c3*1-6-4-2-3-5-7-6;2*1-2/h3*6H,2-5H2,1H3;2*1-2H3. The summed E-state index contributed by atoms with van der Waals surface area (Å²) in [5, 5.41) is 0. The van der Waals surface area contributed by atoms with Gasteiger partial charge in [0.1, 0.15) is 0 Å². The first-order valence-electron chi connectivity index (χ1n) is 11.0. The van der Waals surface area contributed by atoms with E-state index in [-0.39, 0.29) is 0 Å². The smallest absolute Gasteiger partial charge is 0.0547 e. The summed E-state index contributed by atoms with van der Waals surface area (Å²) in [5.41, 5.74) is 0. The minimum Gasteiger partial charge on any atom is -0.379 e. The highest BCUT2D eigenvalue weighted by molar-refractivity contribution is 4.57. The van der Waals surface area contributed by atoms with Gasteiger partial charge in [-0.05, 0) is 78.6 Å². The molecule has 3 nitrogen and oxygen atoms in total. The maximum atomic E-state index is 5.28. The summed E-state index contributed by atoms with van der Waals surface area (Å²) in [6.07, 6.45) is 13.3. The SMILES string of the molecule is CC.CC.CC1CCCCO1.CC1CCCCO1.CC1CCCCO1. The molecule has 3 fully saturated rings. The van der Waals surface area contributed by atoms with Gasteiger partial charge < -0.3 is 14.2 Å². The quantitative estimate of drug-likeness (QED) is 0.476. The summed E-state index contributed by atoms with van der Waals surface area (Å²) in [5.74, 6) is 0. The fourth-order valence-corrected chi connectivity index (χ4v) is 2.71. The van der Waals surface area contributed by atoms with Crippen LogP contribution >= 0.6 is 0 Å². The van der Waals surface area contributed by atoms with Crippen molar-refractivity contribution in [1.82, 2.24) is 0 Å². The summed E-state index contributed by atoms with van der Waals surface area (Å²) < 4.78 is 15.8. The van der Waals surface area contributed by atoms with Gasteiger partial charge >= 0.3 is 0 Å². The predicted octanol–water partition coefficient (Wildman–Crippen LogP) is 6.78. The van der Waals surface area contributed by atoms with Crippen molar-refractivity contribution in [2.45, 2.75) is 125 Å². The average Bonchev–Trinajstić information content (AvgIpc) is 2.68. The molecule has 3 heterocycles. The minimum absolute atomic E-state index is 0.536. The Bertz CT molecular complexity index is 177. The second-order valence-corrected chi connectivity index (χ2v) is 6.53. The van der Waals surface area contributed by atoms with Crippen LogP contribution in [0.15, 0.2) is 0 Å². The van der Waals surface area contributed by atoms with E-state index >= 15 is 0 Å². The third kappa shape index (κ3) is 20.0. The minimum atomic E-state index is 0.536. The maximum Gasteiger partial charge on any atom is 0.0547 e. The molecule has 0 N–H and O–H groups in total. The molecule has 0 radical (unpaired) electrons.